The van der Waals surface area contributed by atoms with Crippen LogP contribution in [0.15, 0.2) is 12.1 Å². The van der Waals surface area contributed by atoms with Crippen LogP contribution in [0, 0.1) is 6.92 Å². The lowest BCUT2D eigenvalue weighted by molar-refractivity contribution is -0.116. The Kier molecular flexibility index (Phi) is 5.58. The number of aryl methyl sites for hydroxylation is 1. The van der Waals surface area contributed by atoms with Gasteiger partial charge in [0.15, 0.2) is 11.6 Å². The topological polar surface area (TPSA) is 74.2 Å². The van der Waals surface area contributed by atoms with Gasteiger partial charge in [-0.05, 0) is 32.0 Å². The maximum absolute atomic E-state index is 11.6. The second-order valence-corrected chi connectivity index (χ2v) is 4.58. The molecule has 0 atom stereocenters. The third kappa shape index (κ3) is 5.14. The fraction of sp³-hybridized carbons (Fsp3) is 0.538. The molecule has 0 spiro atoms. The third-order valence-electron chi connectivity index (χ3n) is 2.40. The van der Waals surface area contributed by atoms with E-state index in [1.54, 1.807) is 6.07 Å². The molecular weight excluding hydrogens is 230 g/mol. The first-order valence-electron chi connectivity index (χ1n) is 6.19. The van der Waals surface area contributed by atoms with Gasteiger partial charge in [0.25, 0.3) is 0 Å². The second-order valence-electron chi connectivity index (χ2n) is 4.58. The molecule has 0 aliphatic rings. The van der Waals surface area contributed by atoms with Crippen molar-refractivity contribution in [2.75, 3.05) is 11.9 Å². The number of rotatable bonds is 6. The number of nitrogens with zero attached hydrogens (tertiary/aromatic N) is 1. The summed E-state index contributed by atoms with van der Waals surface area (Å²) in [4.78, 5) is 15.7. The first-order valence-corrected chi connectivity index (χ1v) is 6.19. The number of hydrogen-bond acceptors (Lipinski definition) is 4. The number of carbonyl (C=O) groups is 1. The van der Waals surface area contributed by atoms with Crippen molar-refractivity contribution in [3.8, 4) is 5.75 Å². The number of amides is 1. The van der Waals surface area contributed by atoms with Crippen molar-refractivity contribution in [1.29, 1.82) is 0 Å². The summed E-state index contributed by atoms with van der Waals surface area (Å²) in [5.41, 5.74) is 0.754. The Morgan fingerprint density at radius 1 is 1.44 bits per heavy atom. The van der Waals surface area contributed by atoms with E-state index in [9.17, 15) is 9.90 Å². The molecule has 1 aromatic rings. The Labute approximate surface area is 108 Å². The summed E-state index contributed by atoms with van der Waals surface area (Å²) in [5.74, 6) is 0.0973. The Hall–Kier alpha value is -1.62. The summed E-state index contributed by atoms with van der Waals surface area (Å²) in [6, 6.07) is 3.64. The van der Waals surface area contributed by atoms with Gasteiger partial charge in [0.2, 0.25) is 5.91 Å². The van der Waals surface area contributed by atoms with Gasteiger partial charge in [-0.1, -0.05) is 13.8 Å². The van der Waals surface area contributed by atoms with Crippen molar-refractivity contribution in [3.05, 3.63) is 17.8 Å². The summed E-state index contributed by atoms with van der Waals surface area (Å²) in [5, 5.41) is 15.4. The maximum atomic E-state index is 11.6. The Morgan fingerprint density at radius 3 is 2.83 bits per heavy atom. The van der Waals surface area contributed by atoms with Gasteiger partial charge in [0.05, 0.1) is 0 Å². The van der Waals surface area contributed by atoms with Crippen molar-refractivity contribution in [2.24, 2.45) is 0 Å². The predicted octanol–water partition coefficient (Wildman–Crippen LogP) is 1.81. The van der Waals surface area contributed by atoms with Crippen LogP contribution in [0.3, 0.4) is 0 Å². The van der Waals surface area contributed by atoms with Crippen LogP contribution in [0.1, 0.15) is 32.4 Å². The zero-order valence-corrected chi connectivity index (χ0v) is 11.2. The monoisotopic (exact) mass is 251 g/mol. The van der Waals surface area contributed by atoms with Gasteiger partial charge >= 0.3 is 0 Å². The van der Waals surface area contributed by atoms with Crippen LogP contribution >= 0.6 is 0 Å². The van der Waals surface area contributed by atoms with E-state index < -0.39 is 0 Å². The summed E-state index contributed by atoms with van der Waals surface area (Å²) < 4.78 is 0. The zero-order chi connectivity index (χ0) is 13.5. The highest BCUT2D eigenvalue weighted by atomic mass is 16.3. The van der Waals surface area contributed by atoms with Crippen LogP contribution in [0.5, 0.6) is 5.75 Å². The van der Waals surface area contributed by atoms with Gasteiger partial charge in [-0.2, -0.15) is 0 Å². The van der Waals surface area contributed by atoms with Gasteiger partial charge < -0.3 is 15.7 Å². The van der Waals surface area contributed by atoms with Gasteiger partial charge in [-0.3, -0.25) is 4.79 Å². The molecule has 3 N–H and O–H groups in total. The largest absolute Gasteiger partial charge is 0.504 e. The molecule has 1 heterocycles. The number of anilines is 1. The van der Waals surface area contributed by atoms with Crippen LogP contribution in [0.25, 0.3) is 0 Å². The summed E-state index contributed by atoms with van der Waals surface area (Å²) in [6.07, 6.45) is 1.17. The highest BCUT2D eigenvalue weighted by molar-refractivity contribution is 5.90. The lowest BCUT2D eigenvalue weighted by Crippen LogP contribution is -2.24. The molecule has 0 aliphatic carbocycles. The lowest BCUT2D eigenvalue weighted by Gasteiger charge is -2.09. The molecule has 18 heavy (non-hydrogen) atoms. The van der Waals surface area contributed by atoms with E-state index in [1.807, 2.05) is 6.92 Å². The van der Waals surface area contributed by atoms with E-state index in [1.165, 1.54) is 6.07 Å². The molecule has 0 unspecified atom stereocenters. The van der Waals surface area contributed by atoms with Gasteiger partial charge in [-0.15, -0.1) is 0 Å². The van der Waals surface area contributed by atoms with Gasteiger partial charge in [0, 0.05) is 18.2 Å². The molecule has 0 saturated heterocycles. The number of aromatic hydroxyl groups is 1. The minimum absolute atomic E-state index is 0.00532. The number of nitrogens with one attached hydrogen (secondary N) is 2. The quantitative estimate of drug-likeness (QED) is 0.674. The van der Waals surface area contributed by atoms with E-state index in [2.05, 4.69) is 29.5 Å². The van der Waals surface area contributed by atoms with Gasteiger partial charge in [-0.25, -0.2) is 4.98 Å². The molecule has 1 aromatic heterocycles. The van der Waals surface area contributed by atoms with Crippen molar-refractivity contribution in [3.63, 3.8) is 0 Å². The molecule has 1 rings (SSSR count). The van der Waals surface area contributed by atoms with Crippen LogP contribution in [0.4, 0.5) is 5.82 Å². The van der Waals surface area contributed by atoms with E-state index in [-0.39, 0.29) is 17.5 Å². The first kappa shape index (κ1) is 14.4. The number of carbonyl (C=O) groups excluding carboxylic acids is 1. The average molecular weight is 251 g/mol. The summed E-state index contributed by atoms with van der Waals surface area (Å²) in [7, 11) is 0. The van der Waals surface area contributed by atoms with Crippen molar-refractivity contribution in [1.82, 2.24) is 10.3 Å². The molecule has 0 saturated carbocycles. The molecule has 5 heteroatoms. The smallest absolute Gasteiger partial charge is 0.225 e. The van der Waals surface area contributed by atoms with Crippen LogP contribution in [-0.2, 0) is 4.79 Å². The molecule has 0 bridgehead atoms. The standard InChI is InChI=1S/C13H21N3O2/c1-9(2)14-8-4-5-12(18)16-13-11(17)7-6-10(3)15-13/h6-7,9,14,17H,4-5,8H2,1-3H3,(H,15,16,18). The normalized spacial score (nSPS) is 10.7. The number of pyridine rings is 1. The maximum Gasteiger partial charge on any atom is 0.225 e. The summed E-state index contributed by atoms with van der Waals surface area (Å²) >= 11 is 0. The highest BCUT2D eigenvalue weighted by Gasteiger charge is 2.07. The average Bonchev–Trinajstić information content (AvgIpc) is 2.29. The van der Waals surface area contributed by atoms with Gasteiger partial charge in [0.1, 0.15) is 0 Å². The second kappa shape index (κ2) is 6.96. The van der Waals surface area contributed by atoms with Crippen LogP contribution in [0.2, 0.25) is 0 Å². The molecule has 0 fully saturated rings. The Morgan fingerprint density at radius 2 is 2.17 bits per heavy atom. The molecule has 100 valence electrons. The fourth-order valence-electron chi connectivity index (χ4n) is 1.48. The first-order chi connectivity index (χ1) is 8.49. The molecule has 0 radical (unpaired) electrons. The minimum atomic E-state index is -0.131. The SMILES string of the molecule is Cc1ccc(O)c(NC(=O)CCCNC(C)C)n1. The molecular formula is C13H21N3O2. The van der Waals surface area contributed by atoms with Crippen LogP contribution in [-0.4, -0.2) is 28.6 Å². The van der Waals surface area contributed by atoms with E-state index in [4.69, 9.17) is 0 Å². The molecule has 0 aliphatic heterocycles. The van der Waals surface area contributed by atoms with E-state index >= 15 is 0 Å². The van der Waals surface area contributed by atoms with Crippen molar-refractivity contribution in [2.45, 2.75) is 39.7 Å². The minimum Gasteiger partial charge on any atom is -0.504 e. The predicted molar refractivity (Wildman–Crippen MR) is 71.6 cm³/mol. The molecule has 1 amide bonds. The van der Waals surface area contributed by atoms with Crippen molar-refractivity contribution < 1.29 is 9.90 Å². The zero-order valence-electron chi connectivity index (χ0n) is 11.2. The number of hydrogen-bond donors (Lipinski definition) is 3. The molecule has 5 nitrogen and oxygen atoms in total. The third-order valence-corrected chi connectivity index (χ3v) is 2.40. The van der Waals surface area contributed by atoms with Crippen LogP contribution < -0.4 is 10.6 Å². The van der Waals surface area contributed by atoms with E-state index in [0.29, 0.717) is 12.5 Å². The Bertz CT molecular complexity index is 405. The number of aromatic nitrogens is 1. The van der Waals surface area contributed by atoms with E-state index in [0.717, 1.165) is 18.7 Å². The Balaban J connectivity index is 2.38. The highest BCUT2D eigenvalue weighted by Crippen LogP contribution is 2.20. The summed E-state index contributed by atoms with van der Waals surface area (Å²) in [6.45, 7) is 6.74. The lowest BCUT2D eigenvalue weighted by atomic mass is 10.2. The van der Waals surface area contributed by atoms with Crippen molar-refractivity contribution >= 4 is 11.7 Å². The fourth-order valence-corrected chi connectivity index (χ4v) is 1.48. The molecule has 0 aromatic carbocycles.